The molecule has 0 radical (unpaired) electrons. The zero-order valence-electron chi connectivity index (χ0n) is 15.1. The summed E-state index contributed by atoms with van der Waals surface area (Å²) in [4.78, 5) is 8.64. The maximum absolute atomic E-state index is 5.95. The monoisotopic (exact) mass is 326 g/mol. The van der Waals surface area contributed by atoms with Crippen LogP contribution in [-0.4, -0.2) is 16.5 Å². The largest absolute Gasteiger partial charge is 0.472 e. The van der Waals surface area contributed by atoms with Crippen LogP contribution in [0.5, 0.6) is 5.88 Å². The molecule has 0 spiro atoms. The number of nitrogens with one attached hydrogen (secondary N) is 1. The molecule has 128 valence electrons. The van der Waals surface area contributed by atoms with E-state index >= 15 is 0 Å². The molecule has 2 rings (SSSR count). The second-order valence-electron chi connectivity index (χ2n) is 6.84. The molecule has 0 aliphatic rings. The molecular formula is C19H26N4O. The molecule has 24 heavy (non-hydrogen) atoms. The summed E-state index contributed by atoms with van der Waals surface area (Å²) in [6.07, 6.45) is 1.76. The summed E-state index contributed by atoms with van der Waals surface area (Å²) in [5, 5.41) is 3.11. The molecule has 5 heteroatoms. The highest BCUT2D eigenvalue weighted by Gasteiger charge is 2.12. The van der Waals surface area contributed by atoms with Crippen LogP contribution >= 0.6 is 0 Å². The molecule has 1 heterocycles. The minimum atomic E-state index is -0.257. The van der Waals surface area contributed by atoms with Crippen LogP contribution in [0, 0.1) is 13.8 Å². The molecule has 0 bridgehead atoms. The number of ether oxygens (including phenoxy) is 1. The van der Waals surface area contributed by atoms with Crippen LogP contribution in [0.2, 0.25) is 0 Å². The van der Waals surface area contributed by atoms with E-state index in [4.69, 9.17) is 10.5 Å². The van der Waals surface area contributed by atoms with Crippen molar-refractivity contribution in [1.82, 2.24) is 4.98 Å². The van der Waals surface area contributed by atoms with Crippen molar-refractivity contribution in [3.8, 4) is 5.88 Å². The molecule has 5 nitrogen and oxygen atoms in total. The minimum Gasteiger partial charge on any atom is -0.472 e. The van der Waals surface area contributed by atoms with Crippen molar-refractivity contribution in [2.75, 3.05) is 5.32 Å². The van der Waals surface area contributed by atoms with Crippen molar-refractivity contribution in [2.45, 2.75) is 46.8 Å². The molecule has 0 aliphatic heterocycles. The van der Waals surface area contributed by atoms with Gasteiger partial charge in [-0.25, -0.2) is 9.98 Å². The van der Waals surface area contributed by atoms with Crippen molar-refractivity contribution < 1.29 is 4.74 Å². The fourth-order valence-corrected chi connectivity index (χ4v) is 2.06. The van der Waals surface area contributed by atoms with E-state index < -0.39 is 0 Å². The van der Waals surface area contributed by atoms with Crippen LogP contribution in [0.15, 0.2) is 41.5 Å². The van der Waals surface area contributed by atoms with E-state index in [1.807, 2.05) is 39.0 Å². The van der Waals surface area contributed by atoms with Gasteiger partial charge in [0.05, 0.1) is 6.54 Å². The van der Waals surface area contributed by atoms with Crippen molar-refractivity contribution >= 4 is 11.6 Å². The lowest BCUT2D eigenvalue weighted by molar-refractivity contribution is 0.124. The first-order valence-corrected chi connectivity index (χ1v) is 8.01. The van der Waals surface area contributed by atoms with Gasteiger partial charge in [-0.1, -0.05) is 12.1 Å². The Bertz CT molecular complexity index is 715. The Labute approximate surface area is 144 Å². The maximum atomic E-state index is 5.95. The highest BCUT2D eigenvalue weighted by Crippen LogP contribution is 2.16. The highest BCUT2D eigenvalue weighted by atomic mass is 16.5. The molecule has 2 aromatic rings. The van der Waals surface area contributed by atoms with Gasteiger partial charge in [-0.05, 0) is 63.4 Å². The molecule has 0 saturated carbocycles. The fourth-order valence-electron chi connectivity index (χ4n) is 2.06. The molecule has 1 aromatic carbocycles. The van der Waals surface area contributed by atoms with Gasteiger partial charge in [-0.15, -0.1) is 0 Å². The lowest BCUT2D eigenvalue weighted by Crippen LogP contribution is -2.23. The third-order valence-corrected chi connectivity index (χ3v) is 3.42. The SMILES string of the molecule is Cc1ccc(NC(N)=NCc2ccc(OC(C)(C)C)nc2)cc1C. The van der Waals surface area contributed by atoms with E-state index in [0.29, 0.717) is 18.4 Å². The van der Waals surface area contributed by atoms with Crippen LogP contribution in [0.25, 0.3) is 0 Å². The third kappa shape index (κ3) is 5.57. The number of aromatic nitrogens is 1. The van der Waals surface area contributed by atoms with Gasteiger partial charge in [0.1, 0.15) is 5.60 Å². The first-order chi connectivity index (χ1) is 11.2. The number of anilines is 1. The van der Waals surface area contributed by atoms with E-state index in [0.717, 1.165) is 11.3 Å². The van der Waals surface area contributed by atoms with Gasteiger partial charge in [-0.2, -0.15) is 0 Å². The number of aryl methyl sites for hydroxylation is 2. The van der Waals surface area contributed by atoms with E-state index in [-0.39, 0.29) is 5.60 Å². The molecule has 0 amide bonds. The standard InChI is InChI=1S/C19H26N4O/c1-13-6-8-16(10-14(13)2)23-18(20)22-12-15-7-9-17(21-11-15)24-19(3,4)5/h6-11H,12H2,1-5H3,(H3,20,22,23). The highest BCUT2D eigenvalue weighted by molar-refractivity contribution is 5.92. The molecule has 0 saturated heterocycles. The summed E-state index contributed by atoms with van der Waals surface area (Å²) in [6.45, 7) is 10.6. The van der Waals surface area contributed by atoms with Crippen LogP contribution in [0.3, 0.4) is 0 Å². The summed E-state index contributed by atoms with van der Waals surface area (Å²) in [7, 11) is 0. The second-order valence-corrected chi connectivity index (χ2v) is 6.84. The molecule has 0 atom stereocenters. The first kappa shape index (κ1) is 17.8. The van der Waals surface area contributed by atoms with E-state index in [9.17, 15) is 0 Å². The molecule has 0 fully saturated rings. The maximum Gasteiger partial charge on any atom is 0.213 e. The average molecular weight is 326 g/mol. The lowest BCUT2D eigenvalue weighted by Gasteiger charge is -2.20. The van der Waals surface area contributed by atoms with Crippen LogP contribution in [-0.2, 0) is 6.54 Å². The van der Waals surface area contributed by atoms with E-state index in [1.54, 1.807) is 6.20 Å². The normalized spacial score (nSPS) is 12.1. The number of pyridine rings is 1. The predicted octanol–water partition coefficient (Wildman–Crippen LogP) is 3.80. The smallest absolute Gasteiger partial charge is 0.213 e. The van der Waals surface area contributed by atoms with Crippen molar-refractivity contribution in [2.24, 2.45) is 10.7 Å². The summed E-state index contributed by atoms with van der Waals surface area (Å²) >= 11 is 0. The fraction of sp³-hybridized carbons (Fsp3) is 0.368. The number of nitrogens with zero attached hydrogens (tertiary/aromatic N) is 2. The second kappa shape index (κ2) is 7.34. The Morgan fingerprint density at radius 3 is 2.50 bits per heavy atom. The van der Waals surface area contributed by atoms with Gasteiger partial charge in [0.15, 0.2) is 5.96 Å². The zero-order chi connectivity index (χ0) is 17.7. The van der Waals surface area contributed by atoms with Gasteiger partial charge in [0, 0.05) is 18.0 Å². The van der Waals surface area contributed by atoms with E-state index in [2.05, 4.69) is 41.3 Å². The Morgan fingerprint density at radius 1 is 1.17 bits per heavy atom. The van der Waals surface area contributed by atoms with Gasteiger partial charge < -0.3 is 15.8 Å². The summed E-state index contributed by atoms with van der Waals surface area (Å²) in [6, 6.07) is 9.90. The van der Waals surface area contributed by atoms with Crippen LogP contribution < -0.4 is 15.8 Å². The third-order valence-electron chi connectivity index (χ3n) is 3.42. The van der Waals surface area contributed by atoms with Gasteiger partial charge in [-0.3, -0.25) is 0 Å². The van der Waals surface area contributed by atoms with Crippen molar-refractivity contribution in [1.29, 1.82) is 0 Å². The molecular weight excluding hydrogens is 300 g/mol. The number of aliphatic imine (C=N–C) groups is 1. The number of rotatable bonds is 4. The summed E-state index contributed by atoms with van der Waals surface area (Å²) < 4.78 is 5.70. The molecule has 3 N–H and O–H groups in total. The van der Waals surface area contributed by atoms with Crippen LogP contribution in [0.1, 0.15) is 37.5 Å². The summed E-state index contributed by atoms with van der Waals surface area (Å²) in [5.41, 5.74) is 10.1. The Morgan fingerprint density at radius 2 is 1.92 bits per heavy atom. The zero-order valence-corrected chi connectivity index (χ0v) is 15.1. The van der Waals surface area contributed by atoms with E-state index in [1.165, 1.54) is 11.1 Å². The lowest BCUT2D eigenvalue weighted by atomic mass is 10.1. The Hall–Kier alpha value is -2.56. The number of guanidine groups is 1. The Kier molecular flexibility index (Phi) is 5.44. The minimum absolute atomic E-state index is 0.257. The number of hydrogen-bond acceptors (Lipinski definition) is 3. The van der Waals surface area contributed by atoms with Gasteiger partial charge >= 0.3 is 0 Å². The summed E-state index contributed by atoms with van der Waals surface area (Å²) in [5.74, 6) is 0.990. The first-order valence-electron chi connectivity index (χ1n) is 8.01. The predicted molar refractivity (Wildman–Crippen MR) is 99.5 cm³/mol. The molecule has 0 unspecified atom stereocenters. The number of hydrogen-bond donors (Lipinski definition) is 2. The number of nitrogens with two attached hydrogens (primary N) is 1. The van der Waals surface area contributed by atoms with Gasteiger partial charge in [0.2, 0.25) is 5.88 Å². The molecule has 1 aromatic heterocycles. The van der Waals surface area contributed by atoms with Gasteiger partial charge in [0.25, 0.3) is 0 Å². The average Bonchev–Trinajstić information content (AvgIpc) is 2.49. The quantitative estimate of drug-likeness (QED) is 0.662. The number of benzene rings is 1. The van der Waals surface area contributed by atoms with Crippen LogP contribution in [0.4, 0.5) is 5.69 Å². The Balaban J connectivity index is 1.95. The molecule has 0 aliphatic carbocycles. The topological polar surface area (TPSA) is 72.5 Å². The van der Waals surface area contributed by atoms with Crippen molar-refractivity contribution in [3.05, 3.63) is 53.2 Å². The van der Waals surface area contributed by atoms with Crippen molar-refractivity contribution in [3.63, 3.8) is 0 Å².